The van der Waals surface area contributed by atoms with Crippen LogP contribution in [0.4, 0.5) is 34.4 Å². The lowest BCUT2D eigenvalue weighted by Gasteiger charge is -2.23. The van der Waals surface area contributed by atoms with E-state index in [9.17, 15) is 85.4 Å². The van der Waals surface area contributed by atoms with Crippen molar-refractivity contribution in [3.63, 3.8) is 0 Å². The van der Waals surface area contributed by atoms with Gasteiger partial charge in [-0.15, -0.1) is 5.06 Å². The molecule has 2 aliphatic carbocycles. The Kier molecular flexibility index (Phi) is 27.1. The van der Waals surface area contributed by atoms with Crippen molar-refractivity contribution in [2.45, 2.75) is 90.5 Å². The highest BCUT2D eigenvalue weighted by molar-refractivity contribution is 7.87. The van der Waals surface area contributed by atoms with Crippen LogP contribution in [-0.2, 0) is 84.1 Å². The summed E-state index contributed by atoms with van der Waals surface area (Å²) in [5.74, 6) is -4.39. The number of aryl methyl sites for hydroxylation is 2. The molecule has 13 N–H and O–H groups in total. The lowest BCUT2D eigenvalue weighted by atomic mass is 9.90. The monoisotopic (exact) mass is 1830 g/mol. The van der Waals surface area contributed by atoms with Crippen molar-refractivity contribution >= 4 is 149 Å². The molecule has 0 radical (unpaired) electrons. The van der Waals surface area contributed by atoms with Crippen LogP contribution < -0.4 is 53.7 Å². The first-order valence-electron chi connectivity index (χ1n) is 39.4. The predicted molar refractivity (Wildman–Crippen MR) is 463 cm³/mol. The average molecular weight is 1840 g/mol. The SMILES string of the molecule is CN(CCCC(=O)CCc1ccc(COc2nc(N)nc3c2ncn3CCCNC(=O)c2ccc(N=Nc3ccc(N(C)C)cc3)cc2)cc1)C(=O)c1ccccc1-c1c2ccc(=[NH2+])c(S(=O)(=O)O)c-2oc2c(S(=O)(=O)[O-])c(N)ccc12.CN(CCCC(=O)ON1C(=O)CCC1=O)C(=O)c1ccccc1-c1c2ccc(=[NH2+])c(S(=O)(=O)O)c-2oc2c(S(=O)(=O)[O-])c(N)ccc12. The van der Waals surface area contributed by atoms with Gasteiger partial charge in [-0.2, -0.15) is 37.0 Å². The third-order valence-electron chi connectivity index (χ3n) is 20.8. The second kappa shape index (κ2) is 37.9. The molecule has 5 heterocycles. The Labute approximate surface area is 735 Å². The second-order valence-corrected chi connectivity index (χ2v) is 35.3. The van der Waals surface area contributed by atoms with Gasteiger partial charge in [0.1, 0.15) is 42.4 Å². The molecule has 0 saturated carbocycles. The highest BCUT2D eigenvalue weighted by Crippen LogP contribution is 2.48. The van der Waals surface area contributed by atoms with Gasteiger partial charge in [0.05, 0.1) is 29.1 Å². The second-order valence-electron chi connectivity index (χ2n) is 30.0. The maximum Gasteiger partial charge on any atom is 0.333 e. The zero-order chi connectivity index (χ0) is 92.9. The Balaban J connectivity index is 0.000000255. The minimum absolute atomic E-state index is 0.00510. The fourth-order valence-electron chi connectivity index (χ4n) is 14.5. The van der Waals surface area contributed by atoms with Crippen LogP contribution in [0.1, 0.15) is 93.6 Å². The highest BCUT2D eigenvalue weighted by atomic mass is 32.2. The molecule has 43 heteroatoms. The number of ketones is 1. The number of benzene rings is 9. The molecule has 1 fully saturated rings. The summed E-state index contributed by atoms with van der Waals surface area (Å²) in [6, 6.07) is 44.5. The number of Topliss-reactive ketones (excluding diaryl/α,β-unsaturated/α-hetero) is 1. The van der Waals surface area contributed by atoms with E-state index in [1.807, 2.05) is 72.1 Å². The zero-order valence-corrected chi connectivity index (χ0v) is 72.4. The number of azo groups is 1. The number of rotatable bonds is 31. The molecule has 39 nitrogen and oxygen atoms in total. The smallest absolute Gasteiger partial charge is 0.333 e. The maximum atomic E-state index is 14.2. The fraction of sp³-hybridized carbons (Fsp3) is 0.209. The first-order chi connectivity index (χ1) is 61.1. The van der Waals surface area contributed by atoms with Crippen molar-refractivity contribution in [3.8, 4) is 50.8 Å². The lowest BCUT2D eigenvalue weighted by molar-refractivity contribution is -0.197. The summed E-state index contributed by atoms with van der Waals surface area (Å²) in [4.78, 5) is 109. The molecule has 7 aromatic carbocycles. The minimum Gasteiger partial charge on any atom is -0.744 e. The molecule has 0 unspecified atom stereocenters. The molecule has 5 aliphatic rings. The molecule has 14 rings (SSSR count). The van der Waals surface area contributed by atoms with E-state index < -0.39 is 134 Å². The molecule has 129 heavy (non-hydrogen) atoms. The van der Waals surface area contributed by atoms with Crippen LogP contribution in [-0.4, -0.2) is 175 Å². The van der Waals surface area contributed by atoms with Crippen LogP contribution >= 0.6 is 0 Å². The number of carbonyl (C=O) groups is 7. The Morgan fingerprint density at radius 3 is 1.53 bits per heavy atom. The molecule has 3 aliphatic heterocycles. The quantitative estimate of drug-likeness (QED) is 0.00589. The first-order valence-corrected chi connectivity index (χ1v) is 45.1. The Morgan fingerprint density at radius 2 is 1.05 bits per heavy atom. The molecule has 5 amide bonds. The van der Waals surface area contributed by atoms with E-state index in [0.29, 0.717) is 59.8 Å². The van der Waals surface area contributed by atoms with Gasteiger partial charge in [0.2, 0.25) is 32.3 Å². The van der Waals surface area contributed by atoms with E-state index in [0.717, 1.165) is 34.6 Å². The number of amides is 5. The van der Waals surface area contributed by atoms with Gasteiger partial charge >= 0.3 is 26.2 Å². The maximum absolute atomic E-state index is 14.2. The number of fused-ring (bicyclic) bond motifs is 5. The molecule has 0 atom stereocenters. The van der Waals surface area contributed by atoms with Gasteiger partial charge in [0.15, 0.2) is 33.9 Å². The number of anilines is 4. The summed E-state index contributed by atoms with van der Waals surface area (Å²) in [6.07, 6.45) is 3.14. The molecule has 0 spiro atoms. The number of carbonyl (C=O) groups excluding carboxylic acids is 7. The molecule has 0 bridgehead atoms. The van der Waals surface area contributed by atoms with E-state index in [-0.39, 0.29) is 137 Å². The van der Waals surface area contributed by atoms with Gasteiger partial charge in [-0.3, -0.25) is 48.7 Å². The topological polar surface area (TPSA) is 610 Å². The van der Waals surface area contributed by atoms with E-state index in [1.165, 1.54) is 77.5 Å². The predicted octanol–water partition coefficient (Wildman–Crippen LogP) is 6.31. The van der Waals surface area contributed by atoms with Crippen LogP contribution in [0.5, 0.6) is 5.88 Å². The van der Waals surface area contributed by atoms with Gasteiger partial charge in [-0.25, -0.2) is 26.6 Å². The Morgan fingerprint density at radius 1 is 0.566 bits per heavy atom. The van der Waals surface area contributed by atoms with E-state index in [1.54, 1.807) is 61.9 Å². The van der Waals surface area contributed by atoms with Crippen LogP contribution in [0.3, 0.4) is 0 Å². The van der Waals surface area contributed by atoms with Gasteiger partial charge in [-0.05, 0) is 145 Å². The first kappa shape index (κ1) is 92.1. The molecule has 9 aromatic rings. The summed E-state index contributed by atoms with van der Waals surface area (Å²) in [6.45, 7) is 1.19. The van der Waals surface area contributed by atoms with Crippen molar-refractivity contribution in [1.82, 2.24) is 39.7 Å². The number of imidazole rings is 1. The molecule has 2 aromatic heterocycles. The number of nitrogens with zero attached hydrogens (tertiary/aromatic N) is 10. The minimum atomic E-state index is -5.34. The Hall–Kier alpha value is -14.6. The molecule has 1 saturated heterocycles. The normalized spacial score (nSPS) is 12.6. The summed E-state index contributed by atoms with van der Waals surface area (Å²) in [5, 5.41) is 22.8. The molecular formula is C86H82N16O23S4. The summed E-state index contributed by atoms with van der Waals surface area (Å²) < 4.78 is 164. The van der Waals surface area contributed by atoms with Crippen molar-refractivity contribution in [3.05, 3.63) is 215 Å². The number of imide groups is 1. The number of hydrogen-bond donors (Lipinski definition) is 8. The fourth-order valence-corrected chi connectivity index (χ4v) is 17.5. The Bertz CT molecular complexity index is 7240. The number of ether oxygens (including phenoxy) is 1. The highest BCUT2D eigenvalue weighted by Gasteiger charge is 2.37. The standard InChI is InChI=1S/C57H56N12O11S2.C29H26N4O12S2/c1-67(2)39-22-20-38(21-23-39)66-65-37-18-16-36(17-19-37)54(71)61-29-7-31-69-33-62-48-53(69)63-57(60)64-55(48)79-32-35-13-11-34(12-14-35)15-24-40(70)8-6-30-68(3)56(72)42-10-5-4-9-41(42)47-43-25-27-45(58)51(81(73,74)75)49(43)80-50-44(47)26-28-46(59)52(50)82(76,77)78;1-32(14-4-7-23(36)45-33-21(34)12-13-22(33)35)29(37)16-6-3-2-5-15(16)24-17-8-10-19(30)27(46(38,39)40)25(17)44-26-18(24)9-11-20(31)28(26)47(41,42)43/h4-5,9-14,16-23,25-28,33,58H,6-8,15,24,29-32,59H2,1-3H3,(H,61,71)(H2,60,63,64)(H,73,74,75)(H,76,77,78);2-3,5-6,8-11,30H,4,7,12-14,31H2,1H3,(H,38,39,40)(H,41,42,43). The average Bonchev–Trinajstić information content (AvgIpc) is 1.17. The third kappa shape index (κ3) is 20.6. The van der Waals surface area contributed by atoms with Gasteiger partial charge in [0, 0.05) is 154 Å². The van der Waals surface area contributed by atoms with E-state index in [4.69, 9.17) is 46.4 Å². The summed E-state index contributed by atoms with van der Waals surface area (Å²) in [7, 11) is -13.9. The van der Waals surface area contributed by atoms with Crippen LogP contribution in [0.2, 0.25) is 0 Å². The number of nitrogen functional groups attached to an aromatic ring is 3. The van der Waals surface area contributed by atoms with Crippen molar-refractivity contribution in [1.29, 1.82) is 0 Å². The summed E-state index contributed by atoms with van der Waals surface area (Å²) in [5.41, 5.74) is 21.8. The van der Waals surface area contributed by atoms with Crippen molar-refractivity contribution < 1.29 is 115 Å². The molecular weight excluding hydrogens is 1750 g/mol. The summed E-state index contributed by atoms with van der Waals surface area (Å²) >= 11 is 0. The number of nitrogens with two attached hydrogens (primary N) is 5. The van der Waals surface area contributed by atoms with Crippen LogP contribution in [0.25, 0.3) is 78.0 Å². The lowest BCUT2D eigenvalue weighted by Crippen LogP contribution is -2.47. The van der Waals surface area contributed by atoms with Gasteiger partial charge in [0.25, 0.3) is 29.5 Å². The third-order valence-corrected chi connectivity index (χ3v) is 24.5. The number of nitrogens with one attached hydrogen (secondary N) is 1. The van der Waals surface area contributed by atoms with Crippen LogP contribution in [0.15, 0.2) is 215 Å². The van der Waals surface area contributed by atoms with Crippen molar-refractivity contribution in [2.75, 3.05) is 69.9 Å². The van der Waals surface area contributed by atoms with E-state index in [2.05, 4.69) is 30.5 Å². The van der Waals surface area contributed by atoms with Gasteiger partial charge in [-0.1, -0.05) is 60.7 Å². The van der Waals surface area contributed by atoms with Crippen molar-refractivity contribution in [2.24, 2.45) is 10.2 Å². The van der Waals surface area contributed by atoms with Gasteiger partial charge < -0.3 is 69.3 Å². The number of hydrogen-bond acceptors (Lipinski definition) is 30. The number of aromatic nitrogens is 4. The molecule has 668 valence electrons. The van der Waals surface area contributed by atoms with Crippen LogP contribution in [0, 0.1) is 0 Å². The zero-order valence-electron chi connectivity index (χ0n) is 69.1. The van der Waals surface area contributed by atoms with E-state index >= 15 is 0 Å². The largest absolute Gasteiger partial charge is 0.744 e. The number of hydroxylamine groups is 2.